The highest BCUT2D eigenvalue weighted by Crippen LogP contribution is 2.23. The van der Waals surface area contributed by atoms with Gasteiger partial charge in [0.05, 0.1) is 25.5 Å². The van der Waals surface area contributed by atoms with Gasteiger partial charge in [-0.2, -0.15) is 5.26 Å². The second kappa shape index (κ2) is 6.81. The van der Waals surface area contributed by atoms with Gasteiger partial charge in [-0.25, -0.2) is 4.98 Å². The summed E-state index contributed by atoms with van der Waals surface area (Å²) in [5.74, 6) is 2.24. The third-order valence-corrected chi connectivity index (χ3v) is 3.39. The van der Waals surface area contributed by atoms with Gasteiger partial charge in [0.2, 0.25) is 0 Å². The fraction of sp³-hybridized carbons (Fsp3) is 0.294. The predicted octanol–water partition coefficient (Wildman–Crippen LogP) is 3.20. The van der Waals surface area contributed by atoms with Gasteiger partial charge in [0.1, 0.15) is 23.4 Å². The second-order valence-electron chi connectivity index (χ2n) is 4.97. The van der Waals surface area contributed by atoms with Crippen LogP contribution >= 0.6 is 0 Å². The Kier molecular flexibility index (Phi) is 4.84. The molecule has 0 aliphatic heterocycles. The molecule has 0 spiro atoms. The molecule has 0 saturated carbocycles. The number of benzene rings is 1. The molecule has 5 heteroatoms. The summed E-state index contributed by atoms with van der Waals surface area (Å²) in [6.45, 7) is 4.34. The Labute approximate surface area is 130 Å². The first-order valence-electron chi connectivity index (χ1n) is 6.91. The quantitative estimate of drug-likeness (QED) is 0.918. The minimum Gasteiger partial charge on any atom is -0.497 e. The van der Waals surface area contributed by atoms with Crippen molar-refractivity contribution in [3.05, 3.63) is 46.6 Å². The van der Waals surface area contributed by atoms with E-state index in [0.717, 1.165) is 34.1 Å². The number of methoxy groups -OCH3 is 2. The highest BCUT2D eigenvalue weighted by molar-refractivity contribution is 5.49. The maximum Gasteiger partial charge on any atom is 0.126 e. The molecule has 0 radical (unpaired) electrons. The van der Waals surface area contributed by atoms with E-state index in [1.807, 2.05) is 38.1 Å². The molecule has 1 N–H and O–H groups in total. The monoisotopic (exact) mass is 297 g/mol. The topological polar surface area (TPSA) is 67.2 Å². The summed E-state index contributed by atoms with van der Waals surface area (Å²) in [5, 5.41) is 12.3. The summed E-state index contributed by atoms with van der Waals surface area (Å²) in [4.78, 5) is 4.41. The van der Waals surface area contributed by atoms with Crippen LogP contribution in [0.2, 0.25) is 0 Å². The maximum absolute atomic E-state index is 9.08. The summed E-state index contributed by atoms with van der Waals surface area (Å²) in [6, 6.07) is 9.77. The first-order valence-corrected chi connectivity index (χ1v) is 6.91. The van der Waals surface area contributed by atoms with E-state index in [0.29, 0.717) is 12.1 Å². The van der Waals surface area contributed by atoms with Crippen molar-refractivity contribution >= 4 is 5.82 Å². The van der Waals surface area contributed by atoms with E-state index in [2.05, 4.69) is 16.4 Å². The van der Waals surface area contributed by atoms with Crippen LogP contribution in [0.1, 0.15) is 22.4 Å². The van der Waals surface area contributed by atoms with Gasteiger partial charge in [-0.05, 0) is 43.2 Å². The molecule has 1 aromatic carbocycles. The van der Waals surface area contributed by atoms with Gasteiger partial charge in [0.15, 0.2) is 0 Å². The number of nitrogens with one attached hydrogen (secondary N) is 1. The van der Waals surface area contributed by atoms with E-state index in [9.17, 15) is 0 Å². The number of nitrogens with zero attached hydrogens (tertiary/aromatic N) is 2. The molecule has 2 rings (SSSR count). The first-order chi connectivity index (χ1) is 10.6. The van der Waals surface area contributed by atoms with Crippen LogP contribution in [0.25, 0.3) is 0 Å². The van der Waals surface area contributed by atoms with E-state index in [1.165, 1.54) is 0 Å². The van der Waals surface area contributed by atoms with Crippen LogP contribution < -0.4 is 14.8 Å². The van der Waals surface area contributed by atoms with Crippen molar-refractivity contribution in [3.8, 4) is 17.6 Å². The highest BCUT2D eigenvalue weighted by Gasteiger charge is 2.07. The van der Waals surface area contributed by atoms with Gasteiger partial charge in [-0.3, -0.25) is 0 Å². The SMILES string of the molecule is COc1cc(CNc2cc(C)c(C#N)c(C)n2)cc(OC)c1. The van der Waals surface area contributed by atoms with Gasteiger partial charge in [-0.1, -0.05) is 0 Å². The van der Waals surface area contributed by atoms with Crippen molar-refractivity contribution in [1.29, 1.82) is 5.26 Å². The fourth-order valence-corrected chi connectivity index (χ4v) is 2.25. The molecule has 1 aromatic heterocycles. The van der Waals surface area contributed by atoms with Crippen LogP contribution in [0.3, 0.4) is 0 Å². The van der Waals surface area contributed by atoms with Crippen LogP contribution in [-0.4, -0.2) is 19.2 Å². The van der Waals surface area contributed by atoms with Gasteiger partial charge >= 0.3 is 0 Å². The number of ether oxygens (including phenoxy) is 2. The normalized spacial score (nSPS) is 9.95. The molecule has 0 aliphatic rings. The lowest BCUT2D eigenvalue weighted by Crippen LogP contribution is -2.04. The Morgan fingerprint density at radius 1 is 1.09 bits per heavy atom. The summed E-state index contributed by atoms with van der Waals surface area (Å²) in [6.07, 6.45) is 0. The molecule has 0 amide bonds. The van der Waals surface area contributed by atoms with Gasteiger partial charge in [0.25, 0.3) is 0 Å². The minimum absolute atomic E-state index is 0.589. The molecule has 22 heavy (non-hydrogen) atoms. The molecule has 0 atom stereocenters. The van der Waals surface area contributed by atoms with Crippen molar-refractivity contribution in [2.75, 3.05) is 19.5 Å². The molecule has 2 aromatic rings. The zero-order valence-electron chi connectivity index (χ0n) is 13.2. The first kappa shape index (κ1) is 15.6. The van der Waals surface area contributed by atoms with Gasteiger partial charge < -0.3 is 14.8 Å². The summed E-state index contributed by atoms with van der Waals surface area (Å²) in [5.41, 5.74) is 3.31. The average molecular weight is 297 g/mol. The highest BCUT2D eigenvalue weighted by atomic mass is 16.5. The molecule has 0 saturated heterocycles. The molecule has 0 aliphatic carbocycles. The van der Waals surface area contributed by atoms with Crippen LogP contribution in [0.15, 0.2) is 24.3 Å². The largest absolute Gasteiger partial charge is 0.497 e. The Hall–Kier alpha value is -2.74. The number of rotatable bonds is 5. The van der Waals surface area contributed by atoms with E-state index < -0.39 is 0 Å². The number of nitriles is 1. The van der Waals surface area contributed by atoms with Crippen molar-refractivity contribution in [1.82, 2.24) is 4.98 Å². The van der Waals surface area contributed by atoms with E-state index >= 15 is 0 Å². The van der Waals surface area contributed by atoms with E-state index in [-0.39, 0.29) is 0 Å². The minimum atomic E-state index is 0.589. The molecule has 1 heterocycles. The van der Waals surface area contributed by atoms with E-state index in [4.69, 9.17) is 14.7 Å². The molecular formula is C17H19N3O2. The third kappa shape index (κ3) is 3.47. The number of hydrogen-bond donors (Lipinski definition) is 1. The Morgan fingerprint density at radius 2 is 1.73 bits per heavy atom. The van der Waals surface area contributed by atoms with E-state index in [1.54, 1.807) is 14.2 Å². The summed E-state index contributed by atoms with van der Waals surface area (Å²) in [7, 11) is 3.25. The second-order valence-corrected chi connectivity index (χ2v) is 4.97. The van der Waals surface area contributed by atoms with Crippen LogP contribution in [0.5, 0.6) is 11.5 Å². The lowest BCUT2D eigenvalue weighted by molar-refractivity contribution is 0.393. The molecule has 0 bridgehead atoms. The van der Waals surface area contributed by atoms with Crippen LogP contribution in [0.4, 0.5) is 5.82 Å². The van der Waals surface area contributed by atoms with Crippen LogP contribution in [0, 0.1) is 25.2 Å². The summed E-state index contributed by atoms with van der Waals surface area (Å²) < 4.78 is 10.5. The molecule has 0 fully saturated rings. The zero-order valence-corrected chi connectivity index (χ0v) is 13.2. The summed E-state index contributed by atoms with van der Waals surface area (Å²) >= 11 is 0. The Morgan fingerprint density at radius 3 is 2.23 bits per heavy atom. The number of aryl methyl sites for hydroxylation is 2. The maximum atomic E-state index is 9.08. The van der Waals surface area contributed by atoms with Crippen LogP contribution in [-0.2, 0) is 6.54 Å². The molecule has 0 unspecified atom stereocenters. The predicted molar refractivity (Wildman–Crippen MR) is 85.3 cm³/mol. The number of aromatic nitrogens is 1. The third-order valence-electron chi connectivity index (χ3n) is 3.39. The van der Waals surface area contributed by atoms with Crippen molar-refractivity contribution in [2.24, 2.45) is 0 Å². The zero-order chi connectivity index (χ0) is 16.1. The molecular weight excluding hydrogens is 278 g/mol. The Bertz CT molecular complexity index is 675. The standard InChI is InChI=1S/C17H19N3O2/c1-11-5-17(20-12(2)16(11)9-18)19-10-13-6-14(21-3)8-15(7-13)22-4/h5-8H,10H2,1-4H3,(H,19,20). The van der Waals surface area contributed by atoms with Crippen molar-refractivity contribution in [3.63, 3.8) is 0 Å². The Balaban J connectivity index is 2.18. The number of pyridine rings is 1. The fourth-order valence-electron chi connectivity index (χ4n) is 2.25. The lowest BCUT2D eigenvalue weighted by Gasteiger charge is -2.11. The smallest absolute Gasteiger partial charge is 0.126 e. The average Bonchev–Trinajstić information content (AvgIpc) is 2.52. The van der Waals surface area contributed by atoms with Gasteiger partial charge in [0, 0.05) is 12.6 Å². The number of anilines is 1. The molecule has 5 nitrogen and oxygen atoms in total. The molecule has 114 valence electrons. The number of hydrogen-bond acceptors (Lipinski definition) is 5. The van der Waals surface area contributed by atoms with Crippen molar-refractivity contribution in [2.45, 2.75) is 20.4 Å². The lowest BCUT2D eigenvalue weighted by atomic mass is 10.1. The van der Waals surface area contributed by atoms with Crippen molar-refractivity contribution < 1.29 is 9.47 Å². The van der Waals surface area contributed by atoms with Gasteiger partial charge in [-0.15, -0.1) is 0 Å².